The van der Waals surface area contributed by atoms with Gasteiger partial charge in [-0.1, -0.05) is 25.7 Å². The van der Waals surface area contributed by atoms with E-state index >= 15 is 0 Å². The molecule has 0 aromatic carbocycles. The summed E-state index contributed by atoms with van der Waals surface area (Å²) in [5, 5.41) is 2.25. The molecule has 2 heteroatoms. The van der Waals surface area contributed by atoms with Crippen LogP contribution >= 0.6 is 11.3 Å². The maximum absolute atomic E-state index is 6.50. The predicted molar refractivity (Wildman–Crippen MR) is 62.6 cm³/mol. The fourth-order valence-electron chi connectivity index (χ4n) is 2.35. The van der Waals surface area contributed by atoms with Crippen molar-refractivity contribution in [2.75, 3.05) is 0 Å². The van der Waals surface area contributed by atoms with Crippen LogP contribution in [0.25, 0.3) is 0 Å². The van der Waals surface area contributed by atoms with Crippen molar-refractivity contribution in [2.45, 2.75) is 51.0 Å². The first kappa shape index (κ1) is 10.2. The Hall–Kier alpha value is -0.340. The largest absolute Gasteiger partial charge is 0.321 e. The Balaban J connectivity index is 2.20. The van der Waals surface area contributed by atoms with Crippen molar-refractivity contribution in [3.05, 3.63) is 21.9 Å². The second-order valence-corrected chi connectivity index (χ2v) is 5.63. The summed E-state index contributed by atoms with van der Waals surface area (Å²) >= 11 is 1.82. The van der Waals surface area contributed by atoms with Gasteiger partial charge in [0.05, 0.1) is 0 Å². The van der Waals surface area contributed by atoms with E-state index in [4.69, 9.17) is 5.73 Å². The molecule has 0 atom stereocenters. The van der Waals surface area contributed by atoms with Gasteiger partial charge in [0, 0.05) is 10.4 Å². The molecule has 2 N–H and O–H groups in total. The number of hydrogen-bond donors (Lipinski definition) is 1. The first-order chi connectivity index (χ1) is 6.71. The number of hydrogen-bond acceptors (Lipinski definition) is 2. The van der Waals surface area contributed by atoms with Gasteiger partial charge in [-0.2, -0.15) is 0 Å². The molecule has 1 aliphatic rings. The van der Waals surface area contributed by atoms with E-state index in [1.54, 1.807) is 0 Å². The Morgan fingerprint density at radius 2 is 1.86 bits per heavy atom. The van der Waals surface area contributed by atoms with Gasteiger partial charge in [0.25, 0.3) is 0 Å². The van der Waals surface area contributed by atoms with Crippen LogP contribution < -0.4 is 5.73 Å². The zero-order valence-electron chi connectivity index (χ0n) is 8.88. The van der Waals surface area contributed by atoms with Crippen molar-refractivity contribution in [1.82, 2.24) is 0 Å². The van der Waals surface area contributed by atoms with Gasteiger partial charge in [0.1, 0.15) is 0 Å². The molecule has 78 valence electrons. The average molecular weight is 209 g/mol. The summed E-state index contributed by atoms with van der Waals surface area (Å²) in [6.45, 7) is 2.16. The summed E-state index contributed by atoms with van der Waals surface area (Å²) in [7, 11) is 0. The van der Waals surface area contributed by atoms with Crippen molar-refractivity contribution in [3.8, 4) is 0 Å². The second kappa shape index (κ2) is 4.03. The van der Waals surface area contributed by atoms with Crippen molar-refractivity contribution >= 4 is 11.3 Å². The van der Waals surface area contributed by atoms with Crippen LogP contribution in [-0.4, -0.2) is 0 Å². The average Bonchev–Trinajstić information content (AvgIpc) is 2.47. The van der Waals surface area contributed by atoms with Crippen LogP contribution in [0, 0.1) is 6.92 Å². The van der Waals surface area contributed by atoms with Crippen molar-refractivity contribution in [1.29, 1.82) is 0 Å². The summed E-state index contributed by atoms with van der Waals surface area (Å²) in [6.07, 6.45) is 7.66. The Bertz CT molecular complexity index is 295. The molecule has 0 unspecified atom stereocenters. The number of thiophene rings is 1. The summed E-state index contributed by atoms with van der Waals surface area (Å²) in [5.74, 6) is 0. The highest BCUT2D eigenvalue weighted by Gasteiger charge is 2.28. The molecular formula is C12H19NS. The maximum atomic E-state index is 6.50. The van der Waals surface area contributed by atoms with Crippen LogP contribution in [0.2, 0.25) is 0 Å². The minimum atomic E-state index is -0.0126. The van der Waals surface area contributed by atoms with Crippen LogP contribution in [0.15, 0.2) is 11.4 Å². The quantitative estimate of drug-likeness (QED) is 0.703. The zero-order valence-corrected chi connectivity index (χ0v) is 9.70. The second-order valence-electron chi connectivity index (χ2n) is 4.52. The minimum absolute atomic E-state index is 0.0126. The van der Waals surface area contributed by atoms with Gasteiger partial charge in [-0.05, 0) is 36.8 Å². The lowest BCUT2D eigenvalue weighted by atomic mass is 9.85. The molecule has 0 saturated heterocycles. The molecule has 0 radical (unpaired) electrons. The van der Waals surface area contributed by atoms with E-state index < -0.39 is 0 Å². The van der Waals surface area contributed by atoms with Gasteiger partial charge in [0.2, 0.25) is 0 Å². The summed E-state index contributed by atoms with van der Waals surface area (Å²) in [4.78, 5) is 1.38. The topological polar surface area (TPSA) is 26.0 Å². The Labute approximate surface area is 90.3 Å². The normalized spacial score (nSPS) is 21.9. The summed E-state index contributed by atoms with van der Waals surface area (Å²) < 4.78 is 0. The monoisotopic (exact) mass is 209 g/mol. The third-order valence-corrected chi connectivity index (χ3v) is 4.16. The highest BCUT2D eigenvalue weighted by molar-refractivity contribution is 7.10. The molecular weight excluding hydrogens is 190 g/mol. The van der Waals surface area contributed by atoms with Crippen LogP contribution in [0.1, 0.15) is 49.0 Å². The molecule has 1 nitrogen and oxygen atoms in total. The van der Waals surface area contributed by atoms with E-state index in [1.807, 2.05) is 11.3 Å². The third kappa shape index (κ3) is 2.01. The van der Waals surface area contributed by atoms with Gasteiger partial charge in [-0.25, -0.2) is 0 Å². The van der Waals surface area contributed by atoms with Gasteiger partial charge in [0.15, 0.2) is 0 Å². The van der Waals surface area contributed by atoms with Gasteiger partial charge >= 0.3 is 0 Å². The van der Waals surface area contributed by atoms with Crippen LogP contribution in [0.4, 0.5) is 0 Å². The fraction of sp³-hybridized carbons (Fsp3) is 0.667. The first-order valence-corrected chi connectivity index (χ1v) is 6.43. The van der Waals surface area contributed by atoms with Gasteiger partial charge in [-0.15, -0.1) is 11.3 Å². The minimum Gasteiger partial charge on any atom is -0.321 e. The number of aryl methyl sites for hydroxylation is 1. The van der Waals surface area contributed by atoms with E-state index in [2.05, 4.69) is 18.4 Å². The smallest absolute Gasteiger partial charge is 0.0418 e. The third-order valence-electron chi connectivity index (χ3n) is 3.30. The number of rotatable bonds is 1. The molecule has 1 saturated carbocycles. The highest BCUT2D eigenvalue weighted by Crippen LogP contribution is 2.35. The van der Waals surface area contributed by atoms with Crippen molar-refractivity contribution < 1.29 is 0 Å². The van der Waals surface area contributed by atoms with Crippen LogP contribution in [0.3, 0.4) is 0 Å². The summed E-state index contributed by atoms with van der Waals surface area (Å²) in [5.41, 5.74) is 7.86. The molecule has 1 heterocycles. The van der Waals surface area contributed by atoms with Crippen molar-refractivity contribution in [3.63, 3.8) is 0 Å². The SMILES string of the molecule is Cc1cc(C2(N)CCCCCC2)cs1. The fourth-order valence-corrected chi connectivity index (χ4v) is 3.16. The van der Waals surface area contributed by atoms with Gasteiger partial charge in [-0.3, -0.25) is 0 Å². The Kier molecular flexibility index (Phi) is 2.93. The van der Waals surface area contributed by atoms with E-state index in [0.29, 0.717) is 0 Å². The van der Waals surface area contributed by atoms with E-state index in [9.17, 15) is 0 Å². The van der Waals surface area contributed by atoms with E-state index in [0.717, 1.165) is 0 Å². The van der Waals surface area contributed by atoms with E-state index in [1.165, 1.54) is 49.0 Å². The Morgan fingerprint density at radius 3 is 2.36 bits per heavy atom. The predicted octanol–water partition coefficient (Wildman–Crippen LogP) is 3.56. The molecule has 0 spiro atoms. The molecule has 1 fully saturated rings. The highest BCUT2D eigenvalue weighted by atomic mass is 32.1. The lowest BCUT2D eigenvalue weighted by Gasteiger charge is -2.27. The molecule has 1 aromatic heterocycles. The van der Waals surface area contributed by atoms with Crippen LogP contribution in [-0.2, 0) is 5.54 Å². The molecule has 1 aliphatic carbocycles. The zero-order chi connectivity index (χ0) is 10.0. The molecule has 2 rings (SSSR count). The number of nitrogens with two attached hydrogens (primary N) is 1. The maximum Gasteiger partial charge on any atom is 0.0418 e. The molecule has 14 heavy (non-hydrogen) atoms. The molecule has 0 amide bonds. The Morgan fingerprint density at radius 1 is 1.21 bits per heavy atom. The lowest BCUT2D eigenvalue weighted by molar-refractivity contribution is 0.386. The standard InChI is InChI=1S/C12H19NS/c1-10-8-11(9-14-10)12(13)6-4-2-3-5-7-12/h8-9H,2-7,13H2,1H3. The first-order valence-electron chi connectivity index (χ1n) is 5.55. The molecule has 0 aliphatic heterocycles. The van der Waals surface area contributed by atoms with E-state index in [-0.39, 0.29) is 5.54 Å². The van der Waals surface area contributed by atoms with Gasteiger partial charge < -0.3 is 5.73 Å². The van der Waals surface area contributed by atoms with Crippen LogP contribution in [0.5, 0.6) is 0 Å². The lowest BCUT2D eigenvalue weighted by Crippen LogP contribution is -2.35. The molecule has 1 aromatic rings. The van der Waals surface area contributed by atoms with Crippen molar-refractivity contribution in [2.24, 2.45) is 5.73 Å². The summed E-state index contributed by atoms with van der Waals surface area (Å²) in [6, 6.07) is 2.27. The molecule has 0 bridgehead atoms.